The van der Waals surface area contributed by atoms with E-state index >= 15 is 0 Å². The largest absolute Gasteiger partial charge is 0.434 e. The Hall–Kier alpha value is -2.96. The van der Waals surface area contributed by atoms with Crippen molar-refractivity contribution in [3.63, 3.8) is 0 Å². The topological polar surface area (TPSA) is 51.4 Å². The molecule has 3 aromatic rings. The van der Waals surface area contributed by atoms with Gasteiger partial charge in [0.2, 0.25) is 11.7 Å². The molecule has 2 heterocycles. The highest BCUT2D eigenvalue weighted by molar-refractivity contribution is 5.63. The minimum Gasteiger partial charge on any atom is -0.434 e. The quantitative estimate of drug-likeness (QED) is 0.703. The lowest BCUT2D eigenvalue weighted by molar-refractivity contribution is -0.0494. The molecule has 25 heavy (non-hydrogen) atoms. The second-order valence-electron chi connectivity index (χ2n) is 5.69. The fourth-order valence-electron chi connectivity index (χ4n) is 3.01. The van der Waals surface area contributed by atoms with Gasteiger partial charge in [-0.05, 0) is 30.2 Å². The molecule has 0 saturated carbocycles. The van der Waals surface area contributed by atoms with Crippen LogP contribution in [-0.2, 0) is 13.0 Å². The van der Waals surface area contributed by atoms with Crippen LogP contribution in [0.5, 0.6) is 5.75 Å². The van der Waals surface area contributed by atoms with Crippen molar-refractivity contribution in [2.45, 2.75) is 19.6 Å². The van der Waals surface area contributed by atoms with E-state index in [9.17, 15) is 8.78 Å². The van der Waals surface area contributed by atoms with Gasteiger partial charge >= 0.3 is 6.61 Å². The van der Waals surface area contributed by atoms with Gasteiger partial charge in [0.05, 0.1) is 12.1 Å². The zero-order chi connectivity index (χ0) is 17.2. The number of hydrogen-bond donors (Lipinski definition) is 0. The van der Waals surface area contributed by atoms with Crippen LogP contribution in [0, 0.1) is 0 Å². The highest BCUT2D eigenvalue weighted by Crippen LogP contribution is 2.31. The summed E-state index contributed by atoms with van der Waals surface area (Å²) in [5.41, 5.74) is 2.82. The number of ether oxygens (including phenoxy) is 1. The van der Waals surface area contributed by atoms with E-state index in [1.807, 2.05) is 12.1 Å². The maximum atomic E-state index is 12.5. The molecule has 1 aliphatic rings. The molecule has 0 N–H and O–H groups in total. The Morgan fingerprint density at radius 2 is 1.92 bits per heavy atom. The van der Waals surface area contributed by atoms with Gasteiger partial charge in [-0.3, -0.25) is 0 Å². The standard InChI is InChI=1S/C18H15F2N3O2/c19-18(20)24-15-8-4-2-6-13(15)17-21-16(25-22-17)11-23-10-9-12-5-1-3-7-14(12)23/h1-8,18H,9-11H2. The van der Waals surface area contributed by atoms with Crippen molar-refractivity contribution in [3.05, 3.63) is 60.0 Å². The molecule has 0 fully saturated rings. The zero-order valence-electron chi connectivity index (χ0n) is 13.2. The summed E-state index contributed by atoms with van der Waals surface area (Å²) < 4.78 is 34.9. The minimum atomic E-state index is -2.91. The number of para-hydroxylation sites is 2. The van der Waals surface area contributed by atoms with E-state index in [2.05, 4.69) is 31.9 Å². The van der Waals surface area contributed by atoms with E-state index in [0.29, 0.717) is 18.0 Å². The van der Waals surface area contributed by atoms with E-state index in [1.54, 1.807) is 18.2 Å². The molecule has 7 heteroatoms. The van der Waals surface area contributed by atoms with E-state index in [-0.39, 0.29) is 11.6 Å². The summed E-state index contributed by atoms with van der Waals surface area (Å²) >= 11 is 0. The fraction of sp³-hybridized carbons (Fsp3) is 0.222. The van der Waals surface area contributed by atoms with Crippen LogP contribution in [0.2, 0.25) is 0 Å². The summed E-state index contributed by atoms with van der Waals surface area (Å²) in [6.45, 7) is -1.56. The lowest BCUT2D eigenvalue weighted by Crippen LogP contribution is -2.19. The molecule has 2 aromatic carbocycles. The number of rotatable bonds is 5. The maximum Gasteiger partial charge on any atom is 0.387 e. The Kier molecular flexibility index (Phi) is 4.05. The number of fused-ring (bicyclic) bond motifs is 1. The Morgan fingerprint density at radius 3 is 2.80 bits per heavy atom. The van der Waals surface area contributed by atoms with Crippen LogP contribution in [-0.4, -0.2) is 23.3 Å². The molecule has 0 amide bonds. The highest BCUT2D eigenvalue weighted by Gasteiger charge is 2.22. The molecule has 0 atom stereocenters. The molecule has 4 rings (SSSR count). The number of halogens is 2. The highest BCUT2D eigenvalue weighted by atomic mass is 19.3. The van der Waals surface area contributed by atoms with Gasteiger partial charge in [0.25, 0.3) is 0 Å². The first-order chi connectivity index (χ1) is 12.2. The Morgan fingerprint density at radius 1 is 1.12 bits per heavy atom. The van der Waals surface area contributed by atoms with Crippen LogP contribution in [0.15, 0.2) is 53.1 Å². The van der Waals surface area contributed by atoms with Crippen molar-refractivity contribution >= 4 is 5.69 Å². The van der Waals surface area contributed by atoms with E-state index in [1.165, 1.54) is 11.6 Å². The van der Waals surface area contributed by atoms with Gasteiger partial charge in [-0.2, -0.15) is 13.8 Å². The molecule has 0 unspecified atom stereocenters. The predicted octanol–water partition coefficient (Wildman–Crippen LogP) is 3.90. The number of anilines is 1. The number of benzene rings is 2. The lowest BCUT2D eigenvalue weighted by Gasteiger charge is -2.16. The number of nitrogens with zero attached hydrogens (tertiary/aromatic N) is 3. The van der Waals surface area contributed by atoms with E-state index in [4.69, 9.17) is 4.52 Å². The molecule has 0 bridgehead atoms. The summed E-state index contributed by atoms with van der Waals surface area (Å²) in [5, 5.41) is 3.91. The number of alkyl halides is 2. The van der Waals surface area contributed by atoms with Crippen LogP contribution >= 0.6 is 0 Å². The van der Waals surface area contributed by atoms with Gasteiger partial charge in [0.15, 0.2) is 0 Å². The van der Waals surface area contributed by atoms with Crippen molar-refractivity contribution in [2.75, 3.05) is 11.4 Å². The number of hydrogen-bond acceptors (Lipinski definition) is 5. The van der Waals surface area contributed by atoms with E-state index < -0.39 is 6.61 Å². The first-order valence-corrected chi connectivity index (χ1v) is 7.90. The van der Waals surface area contributed by atoms with Gasteiger partial charge in [-0.1, -0.05) is 35.5 Å². The molecule has 0 aliphatic carbocycles. The molecule has 0 saturated heterocycles. The monoisotopic (exact) mass is 343 g/mol. The summed E-state index contributed by atoms with van der Waals surface area (Å²) in [6.07, 6.45) is 0.974. The predicted molar refractivity (Wildman–Crippen MR) is 87.6 cm³/mol. The fourth-order valence-corrected chi connectivity index (χ4v) is 3.01. The van der Waals surface area contributed by atoms with Crippen LogP contribution in [0.25, 0.3) is 11.4 Å². The van der Waals surface area contributed by atoms with Crippen molar-refractivity contribution in [3.8, 4) is 17.1 Å². The normalized spacial score (nSPS) is 13.3. The lowest BCUT2D eigenvalue weighted by atomic mass is 10.2. The van der Waals surface area contributed by atoms with Crippen molar-refractivity contribution < 1.29 is 18.0 Å². The van der Waals surface area contributed by atoms with Gasteiger partial charge in [0, 0.05) is 12.2 Å². The maximum absolute atomic E-state index is 12.5. The van der Waals surface area contributed by atoms with Gasteiger partial charge in [0.1, 0.15) is 5.75 Å². The van der Waals surface area contributed by atoms with Crippen LogP contribution in [0.4, 0.5) is 14.5 Å². The first kappa shape index (κ1) is 15.6. The molecule has 0 radical (unpaired) electrons. The van der Waals surface area contributed by atoms with Crippen LogP contribution in [0.3, 0.4) is 0 Å². The average molecular weight is 343 g/mol. The second-order valence-corrected chi connectivity index (χ2v) is 5.69. The van der Waals surface area contributed by atoms with Crippen LogP contribution < -0.4 is 9.64 Å². The molecular formula is C18H15F2N3O2. The molecular weight excluding hydrogens is 328 g/mol. The van der Waals surface area contributed by atoms with Gasteiger partial charge in [-0.15, -0.1) is 0 Å². The zero-order valence-corrected chi connectivity index (χ0v) is 13.2. The van der Waals surface area contributed by atoms with Gasteiger partial charge < -0.3 is 14.2 Å². The minimum absolute atomic E-state index is 0.0244. The third-order valence-electron chi connectivity index (χ3n) is 4.12. The average Bonchev–Trinajstić information content (AvgIpc) is 3.23. The molecule has 1 aromatic heterocycles. The Labute approximate surface area is 142 Å². The first-order valence-electron chi connectivity index (χ1n) is 7.90. The SMILES string of the molecule is FC(F)Oc1ccccc1-c1noc(CN2CCc3ccccc32)n1. The molecule has 0 spiro atoms. The van der Waals surface area contributed by atoms with Crippen molar-refractivity contribution in [2.24, 2.45) is 0 Å². The smallest absolute Gasteiger partial charge is 0.387 e. The third kappa shape index (κ3) is 3.17. The second kappa shape index (κ2) is 6.51. The van der Waals surface area contributed by atoms with Crippen molar-refractivity contribution in [1.29, 1.82) is 0 Å². The third-order valence-corrected chi connectivity index (χ3v) is 4.12. The Balaban J connectivity index is 1.56. The van der Waals surface area contributed by atoms with E-state index in [0.717, 1.165) is 18.7 Å². The molecule has 5 nitrogen and oxygen atoms in total. The van der Waals surface area contributed by atoms with Crippen molar-refractivity contribution in [1.82, 2.24) is 10.1 Å². The summed E-state index contributed by atoms with van der Waals surface area (Å²) in [4.78, 5) is 6.50. The van der Waals surface area contributed by atoms with Crippen LogP contribution in [0.1, 0.15) is 11.5 Å². The summed E-state index contributed by atoms with van der Waals surface area (Å²) in [6, 6.07) is 14.6. The Bertz CT molecular complexity index is 882. The molecule has 128 valence electrons. The number of aromatic nitrogens is 2. The summed E-state index contributed by atoms with van der Waals surface area (Å²) in [7, 11) is 0. The summed E-state index contributed by atoms with van der Waals surface area (Å²) in [5.74, 6) is 0.689. The molecule has 1 aliphatic heterocycles. The van der Waals surface area contributed by atoms with Gasteiger partial charge in [-0.25, -0.2) is 0 Å².